The van der Waals surface area contributed by atoms with Crippen molar-refractivity contribution < 1.29 is 144 Å². The summed E-state index contributed by atoms with van der Waals surface area (Å²) in [5.74, 6) is -6.98. The van der Waals surface area contributed by atoms with Crippen molar-refractivity contribution in [3.05, 3.63) is 0 Å². The first-order valence-electron chi connectivity index (χ1n) is 21.0. The van der Waals surface area contributed by atoms with Gasteiger partial charge in [-0.05, 0) is 0 Å². The highest BCUT2D eigenvalue weighted by Crippen LogP contribution is 2.39. The lowest BCUT2D eigenvalue weighted by Gasteiger charge is -2.51. The number of carbonyl (C=O) groups excluding carboxylic acids is 3. The molecule has 0 aromatic rings. The number of carbonyl (C=O) groups is 4. The van der Waals surface area contributed by atoms with Crippen molar-refractivity contribution >= 4 is 24.1 Å². The summed E-state index contributed by atoms with van der Waals surface area (Å²) >= 11 is 0. The third-order valence-corrected chi connectivity index (χ3v) is 11.6. The van der Waals surface area contributed by atoms with Crippen LogP contribution < -0.4 is 10.6 Å². The molecule has 31 nitrogen and oxygen atoms in total. The van der Waals surface area contributed by atoms with E-state index in [-0.39, 0.29) is 6.29 Å². The molecule has 0 unspecified atom stereocenters. The van der Waals surface area contributed by atoms with E-state index in [0.29, 0.717) is 0 Å². The predicted octanol–water partition coefficient (Wildman–Crippen LogP) is -12.6. The molecule has 2 amide bonds. The lowest BCUT2D eigenvalue weighted by molar-refractivity contribution is -0.388. The molecule has 0 aromatic carbocycles. The summed E-state index contributed by atoms with van der Waals surface area (Å²) in [5.41, 5.74) is 0. The minimum atomic E-state index is -3.18. The predicted molar refractivity (Wildman–Crippen MR) is 208 cm³/mol. The number of aldehydes is 1. The number of hydrogen-bond acceptors (Lipinski definition) is 28. The quantitative estimate of drug-likeness (QED) is 0.0448. The molecule has 0 saturated carbocycles. The Morgan fingerprint density at radius 1 is 0.662 bits per heavy atom. The molecule has 394 valence electrons. The smallest absolute Gasteiger partial charge is 0.364 e. The Balaban J connectivity index is 1.64. The summed E-state index contributed by atoms with van der Waals surface area (Å²) in [6.45, 7) is -3.60. The first-order valence-corrected chi connectivity index (χ1v) is 21.0. The molecule has 0 bridgehead atoms. The number of aliphatic carboxylic acids is 1. The summed E-state index contributed by atoms with van der Waals surface area (Å²) in [6, 6.07) is -3.51. The Morgan fingerprint density at radius 2 is 1.16 bits per heavy atom. The van der Waals surface area contributed by atoms with Crippen LogP contribution in [0.3, 0.4) is 0 Å². The van der Waals surface area contributed by atoms with E-state index >= 15 is 0 Å². The Morgan fingerprint density at radius 3 is 1.68 bits per heavy atom. The topological polar surface area (TPSA) is 510 Å². The molecular formula is C37H62N2O29. The van der Waals surface area contributed by atoms with Gasteiger partial charge >= 0.3 is 5.97 Å². The van der Waals surface area contributed by atoms with Crippen LogP contribution in [0.4, 0.5) is 0 Å². The van der Waals surface area contributed by atoms with Crippen LogP contribution in [-0.2, 0) is 57.1 Å². The number of amides is 2. The number of nitrogens with one attached hydrogen (secondary N) is 2. The molecule has 0 radical (unpaired) electrons. The van der Waals surface area contributed by atoms with Crippen molar-refractivity contribution in [2.75, 3.05) is 33.0 Å². The van der Waals surface area contributed by atoms with Crippen LogP contribution in [0.1, 0.15) is 20.3 Å². The van der Waals surface area contributed by atoms with Gasteiger partial charge < -0.3 is 140 Å². The third-order valence-electron chi connectivity index (χ3n) is 11.6. The van der Waals surface area contributed by atoms with Crippen molar-refractivity contribution in [2.24, 2.45) is 0 Å². The standard InChI is InChI=1S/C37H62N2O29/c1-10(46)38-19-12(48)3-37(36(59)60,67-30(19)22(53)14(50)5-41)68-32-24(55)17(8-44)62-35(27(32)58)65-29-18(9-45)63-33(20(25(29)56)39-11(2)47)66-31-23(54)16(7-43)61-34(26(31)57)64-28(15(51)6-42)21(52)13(49)4-40/h4,12-35,41-45,48-58H,3,5-9H2,1-2H3,(H,38,46)(H,39,47)(H,59,60)/t12-,13-,14+,15+,16+,17+,18+,19+,20+,21+,22+,23-,24-,25+,26+,27+,28+,29+,30+,31-,32-,33-,34-,35-,37-/m0/s1. The van der Waals surface area contributed by atoms with Gasteiger partial charge in [0.25, 0.3) is 5.79 Å². The molecule has 68 heavy (non-hydrogen) atoms. The van der Waals surface area contributed by atoms with Gasteiger partial charge in [-0.15, -0.1) is 0 Å². The SMILES string of the molecule is CC(=O)N[C@H]1[C@H](O[C@H]2[C@@H](O)[C@@H](CO)O[C@@H](O[C@@H]([C@H](O)[C@@H](O)C=O)[C@H](O)CO)[C@@H]2O)O[C@H](CO)[C@@H](O[C@@H]2O[C@H](CO)[C@H](O)[C@H](O[C@]3(C(=O)O)C[C@H](O)[C@@H](NC(C)=O)[C@H]([C@H](O)[C@H](O)CO)O3)[C@H]2O)[C@@H]1O. The number of aliphatic hydroxyl groups is 16. The Hall–Kier alpha value is -2.88. The van der Waals surface area contributed by atoms with Crippen molar-refractivity contribution in [1.29, 1.82) is 0 Å². The molecule has 4 saturated heterocycles. The van der Waals surface area contributed by atoms with E-state index in [1.165, 1.54) is 0 Å². The van der Waals surface area contributed by atoms with E-state index < -0.39 is 210 Å². The van der Waals surface area contributed by atoms with Crippen LogP contribution in [0.2, 0.25) is 0 Å². The maximum atomic E-state index is 12.9. The number of carboxylic acids is 1. The fourth-order valence-corrected chi connectivity index (χ4v) is 8.08. The summed E-state index contributed by atoms with van der Waals surface area (Å²) in [7, 11) is 0. The maximum Gasteiger partial charge on any atom is 0.364 e. The number of carboxylic acid groups (broad SMARTS) is 1. The second-order valence-electron chi connectivity index (χ2n) is 16.5. The molecule has 4 heterocycles. The Bertz CT molecular complexity index is 1640. The Kier molecular flexibility index (Phi) is 21.2. The summed E-state index contributed by atoms with van der Waals surface area (Å²) in [6.07, 6.45) is -47.3. The maximum absolute atomic E-state index is 12.9. The summed E-state index contributed by atoms with van der Waals surface area (Å²) in [5, 5.41) is 184. The second-order valence-corrected chi connectivity index (χ2v) is 16.5. The highest BCUT2D eigenvalue weighted by molar-refractivity contribution is 5.76. The van der Waals surface area contributed by atoms with Crippen LogP contribution >= 0.6 is 0 Å². The molecule has 0 aromatic heterocycles. The van der Waals surface area contributed by atoms with Crippen LogP contribution in [0.25, 0.3) is 0 Å². The molecule has 0 spiro atoms. The minimum Gasteiger partial charge on any atom is -0.477 e. The van der Waals surface area contributed by atoms with E-state index in [2.05, 4.69) is 10.6 Å². The van der Waals surface area contributed by atoms with E-state index in [1.807, 2.05) is 0 Å². The number of hydrogen-bond donors (Lipinski definition) is 19. The highest BCUT2D eigenvalue weighted by Gasteiger charge is 2.61. The summed E-state index contributed by atoms with van der Waals surface area (Å²) < 4.78 is 45.0. The molecule has 4 aliphatic rings. The van der Waals surface area contributed by atoms with Gasteiger partial charge in [0.2, 0.25) is 11.8 Å². The van der Waals surface area contributed by atoms with Crippen LogP contribution in [0.15, 0.2) is 0 Å². The van der Waals surface area contributed by atoms with Crippen molar-refractivity contribution in [3.8, 4) is 0 Å². The number of ether oxygens (including phenoxy) is 8. The van der Waals surface area contributed by atoms with Crippen LogP contribution in [0.5, 0.6) is 0 Å². The van der Waals surface area contributed by atoms with Gasteiger partial charge in [-0.2, -0.15) is 0 Å². The van der Waals surface area contributed by atoms with E-state index in [9.17, 15) is 106 Å². The minimum absolute atomic E-state index is 0.144. The fourth-order valence-electron chi connectivity index (χ4n) is 8.08. The fraction of sp³-hybridized carbons (Fsp3) is 0.892. The van der Waals surface area contributed by atoms with Gasteiger partial charge in [-0.25, -0.2) is 4.79 Å². The van der Waals surface area contributed by atoms with Gasteiger partial charge in [0.05, 0.1) is 45.2 Å². The van der Waals surface area contributed by atoms with Gasteiger partial charge in [0.1, 0.15) is 116 Å². The van der Waals surface area contributed by atoms with E-state index in [0.717, 1.165) is 13.8 Å². The molecule has 31 heteroatoms. The van der Waals surface area contributed by atoms with Crippen molar-refractivity contribution in [3.63, 3.8) is 0 Å². The normalized spacial score (nSPS) is 41.6. The molecule has 4 rings (SSSR count). The zero-order valence-corrected chi connectivity index (χ0v) is 36.2. The van der Waals surface area contributed by atoms with E-state index in [1.54, 1.807) is 0 Å². The average molecular weight is 999 g/mol. The molecule has 0 aliphatic carbocycles. The largest absolute Gasteiger partial charge is 0.477 e. The first kappa shape index (κ1) is 57.7. The van der Waals surface area contributed by atoms with Gasteiger partial charge in [-0.1, -0.05) is 0 Å². The van der Waals surface area contributed by atoms with Gasteiger partial charge in [0, 0.05) is 20.3 Å². The molecule has 25 atom stereocenters. The second kappa shape index (κ2) is 25.0. The molecular weight excluding hydrogens is 936 g/mol. The van der Waals surface area contributed by atoms with Crippen molar-refractivity contribution in [1.82, 2.24) is 10.6 Å². The lowest BCUT2D eigenvalue weighted by Crippen LogP contribution is -2.71. The van der Waals surface area contributed by atoms with Gasteiger partial charge in [-0.3, -0.25) is 9.59 Å². The first-order chi connectivity index (χ1) is 31.9. The summed E-state index contributed by atoms with van der Waals surface area (Å²) in [4.78, 5) is 48.5. The molecule has 4 fully saturated rings. The number of aliphatic hydroxyl groups excluding tert-OH is 16. The monoisotopic (exact) mass is 998 g/mol. The van der Waals surface area contributed by atoms with Gasteiger partial charge in [0.15, 0.2) is 25.2 Å². The highest BCUT2D eigenvalue weighted by atomic mass is 16.8. The molecule has 4 aliphatic heterocycles. The average Bonchev–Trinajstić information content (AvgIpc) is 3.30. The zero-order chi connectivity index (χ0) is 51.1. The lowest BCUT2D eigenvalue weighted by atomic mass is 9.88. The van der Waals surface area contributed by atoms with Crippen molar-refractivity contribution in [2.45, 2.75) is 173 Å². The Labute approximate surface area is 384 Å². The van der Waals surface area contributed by atoms with Crippen LogP contribution in [0, 0.1) is 0 Å². The zero-order valence-electron chi connectivity index (χ0n) is 36.2. The third kappa shape index (κ3) is 12.8. The van der Waals surface area contributed by atoms with E-state index in [4.69, 9.17) is 37.9 Å². The number of rotatable bonds is 22. The molecule has 19 N–H and O–H groups in total. The van der Waals surface area contributed by atoms with Crippen LogP contribution in [-0.4, -0.2) is 297 Å².